The van der Waals surface area contributed by atoms with Gasteiger partial charge in [0.05, 0.1) is 16.5 Å². The Kier molecular flexibility index (Phi) is 7.32. The van der Waals surface area contributed by atoms with Crippen LogP contribution in [-0.4, -0.2) is 24.7 Å². The van der Waals surface area contributed by atoms with Gasteiger partial charge in [0.2, 0.25) is 0 Å². The van der Waals surface area contributed by atoms with E-state index in [4.69, 9.17) is 16.3 Å². The molecular weight excluding hydrogens is 515 g/mol. The number of rotatable bonds is 7. The minimum atomic E-state index is 0.700. The molecule has 0 bridgehead atoms. The quantitative estimate of drug-likeness (QED) is 0.237. The molecule has 1 aromatic heterocycles. The largest absolute Gasteiger partial charge is 0.492 e. The predicted octanol–water partition coefficient (Wildman–Crippen LogP) is 7.08. The molecule has 29 heavy (non-hydrogen) atoms. The average Bonchev–Trinajstić information content (AvgIpc) is 3.26. The van der Waals surface area contributed by atoms with E-state index in [1.807, 2.05) is 18.3 Å². The molecule has 3 nitrogen and oxygen atoms in total. The molecule has 152 valence electrons. The van der Waals surface area contributed by atoms with Crippen molar-refractivity contribution in [2.45, 2.75) is 23.7 Å². The minimum absolute atomic E-state index is 0.700. The molecule has 2 heterocycles. The molecule has 2 aromatic carbocycles. The van der Waals surface area contributed by atoms with E-state index >= 15 is 0 Å². The van der Waals surface area contributed by atoms with E-state index in [0.29, 0.717) is 10.9 Å². The van der Waals surface area contributed by atoms with Gasteiger partial charge in [-0.15, -0.1) is 0 Å². The molecule has 0 saturated carbocycles. The summed E-state index contributed by atoms with van der Waals surface area (Å²) in [5.74, 6) is 1.51. The molecule has 1 aliphatic heterocycles. The highest BCUT2D eigenvalue weighted by atomic mass is 127. The van der Waals surface area contributed by atoms with Crippen molar-refractivity contribution in [3.63, 3.8) is 0 Å². The number of hydrogen-bond donors (Lipinski definition) is 0. The Morgan fingerprint density at radius 2 is 1.93 bits per heavy atom. The van der Waals surface area contributed by atoms with Crippen molar-refractivity contribution in [3.8, 4) is 16.2 Å². The van der Waals surface area contributed by atoms with Gasteiger partial charge in [-0.25, -0.2) is 4.98 Å². The molecule has 0 unspecified atom stereocenters. The number of aromatic nitrogens is 1. The summed E-state index contributed by atoms with van der Waals surface area (Å²) in [5, 5.41) is 1.84. The lowest BCUT2D eigenvalue weighted by Crippen LogP contribution is -2.34. The molecule has 6 heteroatoms. The number of alkyl halides is 1. The Morgan fingerprint density at radius 3 is 2.69 bits per heavy atom. The summed E-state index contributed by atoms with van der Waals surface area (Å²) in [6, 6.07) is 16.5. The van der Waals surface area contributed by atoms with Crippen molar-refractivity contribution in [1.82, 2.24) is 4.98 Å². The summed E-state index contributed by atoms with van der Waals surface area (Å²) in [7, 11) is 0. The average molecular weight is 539 g/mol. The number of halogens is 2. The Labute approximate surface area is 195 Å². The summed E-state index contributed by atoms with van der Waals surface area (Å²) >= 11 is 10.4. The van der Waals surface area contributed by atoms with Gasteiger partial charge in [0.15, 0.2) is 5.13 Å². The summed E-state index contributed by atoms with van der Waals surface area (Å²) in [6.45, 7) is 2.86. The molecule has 1 aliphatic rings. The molecule has 0 N–H and O–H groups in total. The standard InChI is InChI=1S/C23H24ClIN2OS/c24-20-7-6-18(15-25)14-21(20)28-13-10-17-8-11-27(12-9-17)23-26-16-22(29-23)19-4-2-1-3-5-19/h1-7,14,16-17H,8-13,15H2. The molecular formula is C23H24ClIN2OS. The van der Waals surface area contributed by atoms with E-state index in [9.17, 15) is 0 Å². The van der Waals surface area contributed by atoms with E-state index in [1.54, 1.807) is 11.3 Å². The van der Waals surface area contributed by atoms with Gasteiger partial charge in [-0.05, 0) is 48.4 Å². The lowest BCUT2D eigenvalue weighted by molar-refractivity contribution is 0.258. The second-order valence-corrected chi connectivity index (χ2v) is 9.52. The van der Waals surface area contributed by atoms with Crippen molar-refractivity contribution in [3.05, 3.63) is 65.3 Å². The van der Waals surface area contributed by atoms with Gasteiger partial charge in [0.25, 0.3) is 0 Å². The maximum Gasteiger partial charge on any atom is 0.185 e. The molecule has 0 amide bonds. The molecule has 0 spiro atoms. The van der Waals surface area contributed by atoms with Crippen LogP contribution in [0.1, 0.15) is 24.8 Å². The van der Waals surface area contributed by atoms with Crippen molar-refractivity contribution < 1.29 is 4.74 Å². The summed E-state index contributed by atoms with van der Waals surface area (Å²) in [4.78, 5) is 8.34. The van der Waals surface area contributed by atoms with Gasteiger partial charge in [-0.3, -0.25) is 0 Å². The van der Waals surface area contributed by atoms with Crippen LogP contribution in [0.4, 0.5) is 5.13 Å². The third-order valence-electron chi connectivity index (χ3n) is 5.37. The van der Waals surface area contributed by atoms with Crippen molar-refractivity contribution >= 4 is 50.7 Å². The number of benzene rings is 2. The van der Waals surface area contributed by atoms with E-state index in [2.05, 4.69) is 68.9 Å². The van der Waals surface area contributed by atoms with E-state index in [1.165, 1.54) is 28.8 Å². The molecule has 0 radical (unpaired) electrons. The lowest BCUT2D eigenvalue weighted by Gasteiger charge is -2.31. The number of piperidine rings is 1. The Balaban J connectivity index is 1.25. The van der Waals surface area contributed by atoms with Crippen LogP contribution >= 0.6 is 45.5 Å². The maximum atomic E-state index is 6.27. The van der Waals surface area contributed by atoms with Crippen LogP contribution < -0.4 is 9.64 Å². The van der Waals surface area contributed by atoms with Gasteiger partial charge < -0.3 is 9.64 Å². The summed E-state index contributed by atoms with van der Waals surface area (Å²) < 4.78 is 6.95. The Morgan fingerprint density at radius 1 is 1.14 bits per heavy atom. The Hall–Kier alpha value is -1.31. The van der Waals surface area contributed by atoms with Gasteiger partial charge in [-0.2, -0.15) is 0 Å². The molecule has 0 atom stereocenters. The third-order valence-corrected chi connectivity index (χ3v) is 7.67. The maximum absolute atomic E-state index is 6.27. The highest BCUT2D eigenvalue weighted by Gasteiger charge is 2.21. The minimum Gasteiger partial charge on any atom is -0.492 e. The van der Waals surface area contributed by atoms with Crippen molar-refractivity contribution in [1.29, 1.82) is 0 Å². The number of hydrogen-bond acceptors (Lipinski definition) is 4. The molecule has 1 saturated heterocycles. The SMILES string of the molecule is Clc1ccc(CI)cc1OCCC1CCN(c2ncc(-c3ccccc3)s2)CC1. The highest BCUT2D eigenvalue weighted by Crippen LogP contribution is 2.34. The van der Waals surface area contributed by atoms with Crippen LogP contribution in [0.25, 0.3) is 10.4 Å². The zero-order chi connectivity index (χ0) is 20.1. The van der Waals surface area contributed by atoms with Crippen LogP contribution in [0.2, 0.25) is 5.02 Å². The lowest BCUT2D eigenvalue weighted by atomic mass is 9.94. The van der Waals surface area contributed by atoms with Crippen LogP contribution in [0.15, 0.2) is 54.7 Å². The topological polar surface area (TPSA) is 25.4 Å². The van der Waals surface area contributed by atoms with E-state index in [-0.39, 0.29) is 0 Å². The second kappa shape index (κ2) is 10.1. The van der Waals surface area contributed by atoms with Crippen molar-refractivity contribution in [2.24, 2.45) is 5.92 Å². The second-order valence-electron chi connectivity index (χ2n) is 7.34. The first-order chi connectivity index (χ1) is 14.2. The molecule has 0 aliphatic carbocycles. The van der Waals surface area contributed by atoms with Gasteiger partial charge in [-0.1, -0.05) is 81.9 Å². The van der Waals surface area contributed by atoms with Crippen LogP contribution in [0.5, 0.6) is 5.75 Å². The Bertz CT molecular complexity index is 926. The summed E-state index contributed by atoms with van der Waals surface area (Å²) in [5.41, 5.74) is 2.49. The third kappa shape index (κ3) is 5.44. The zero-order valence-corrected chi connectivity index (χ0v) is 19.9. The predicted molar refractivity (Wildman–Crippen MR) is 132 cm³/mol. The summed E-state index contributed by atoms with van der Waals surface area (Å²) in [6.07, 6.45) is 5.45. The zero-order valence-electron chi connectivity index (χ0n) is 16.2. The molecule has 1 fully saturated rings. The van der Waals surface area contributed by atoms with Crippen LogP contribution in [0, 0.1) is 5.92 Å². The number of ether oxygens (including phenoxy) is 1. The van der Waals surface area contributed by atoms with Gasteiger partial charge in [0.1, 0.15) is 5.75 Å². The highest BCUT2D eigenvalue weighted by molar-refractivity contribution is 14.1. The van der Waals surface area contributed by atoms with Gasteiger partial charge >= 0.3 is 0 Å². The molecule has 4 rings (SSSR count). The monoisotopic (exact) mass is 538 g/mol. The number of anilines is 1. The smallest absolute Gasteiger partial charge is 0.185 e. The number of thiazole rings is 1. The first-order valence-corrected chi connectivity index (χ1v) is 12.7. The van der Waals surface area contributed by atoms with E-state index < -0.39 is 0 Å². The first kappa shape index (κ1) is 20.9. The van der Waals surface area contributed by atoms with Crippen LogP contribution in [-0.2, 0) is 4.43 Å². The fourth-order valence-corrected chi connectivity index (χ4v) is 5.26. The van der Waals surface area contributed by atoms with Crippen molar-refractivity contribution in [2.75, 3.05) is 24.6 Å². The van der Waals surface area contributed by atoms with Gasteiger partial charge in [0, 0.05) is 23.7 Å². The number of nitrogens with zero attached hydrogens (tertiary/aromatic N) is 2. The van der Waals surface area contributed by atoms with Crippen LogP contribution in [0.3, 0.4) is 0 Å². The fraction of sp³-hybridized carbons (Fsp3) is 0.348. The first-order valence-electron chi connectivity index (χ1n) is 9.96. The molecule has 3 aromatic rings. The fourth-order valence-electron chi connectivity index (χ4n) is 3.64. The normalized spacial score (nSPS) is 14.9. The van der Waals surface area contributed by atoms with E-state index in [0.717, 1.165) is 41.4 Å².